The number of benzene rings is 2. The average Bonchev–Trinajstić information content (AvgIpc) is 2.62. The molecule has 2 aromatic rings. The Morgan fingerprint density at radius 1 is 1.15 bits per heavy atom. The van der Waals surface area contributed by atoms with Crippen molar-refractivity contribution in [2.75, 3.05) is 35.9 Å². The Hall–Kier alpha value is -2.65. The molecule has 138 valence electrons. The molecule has 0 radical (unpaired) electrons. The molecule has 0 unspecified atom stereocenters. The van der Waals surface area contributed by atoms with Crippen LogP contribution in [-0.4, -0.2) is 45.8 Å². The third-order valence-corrected chi connectivity index (χ3v) is 5.31. The molecule has 2 N–H and O–H groups in total. The van der Waals surface area contributed by atoms with Gasteiger partial charge in [-0.2, -0.15) is 0 Å². The fourth-order valence-corrected chi connectivity index (χ4v) is 3.76. The molecule has 0 amide bonds. The van der Waals surface area contributed by atoms with Crippen LogP contribution in [-0.2, 0) is 14.8 Å². The minimum absolute atomic E-state index is 0.0565. The Balaban J connectivity index is 2.01. The van der Waals surface area contributed by atoms with Crippen LogP contribution in [0.25, 0.3) is 0 Å². The molecule has 0 bridgehead atoms. The topological polar surface area (TPSA) is 95.9 Å². The van der Waals surface area contributed by atoms with E-state index in [4.69, 9.17) is 4.74 Å². The number of nitrogens with one attached hydrogen (secondary N) is 1. The van der Waals surface area contributed by atoms with Crippen LogP contribution in [0.1, 0.15) is 10.4 Å². The van der Waals surface area contributed by atoms with Crippen molar-refractivity contribution in [1.82, 2.24) is 0 Å². The second kappa shape index (κ2) is 7.30. The van der Waals surface area contributed by atoms with Crippen LogP contribution < -0.4 is 9.62 Å². The van der Waals surface area contributed by atoms with E-state index in [0.29, 0.717) is 32.0 Å². The van der Waals surface area contributed by atoms with Crippen molar-refractivity contribution in [2.24, 2.45) is 0 Å². The summed E-state index contributed by atoms with van der Waals surface area (Å²) >= 11 is 0. The number of nitrogens with zero attached hydrogens (tertiary/aromatic N) is 1. The Morgan fingerprint density at radius 3 is 2.54 bits per heavy atom. The normalized spacial score (nSPS) is 14.9. The molecule has 1 aliphatic heterocycles. The van der Waals surface area contributed by atoms with Gasteiger partial charge in [-0.3, -0.25) is 4.72 Å². The summed E-state index contributed by atoms with van der Waals surface area (Å²) in [6.07, 6.45) is 0. The molecule has 0 saturated carbocycles. The molecule has 3 rings (SSSR count). The van der Waals surface area contributed by atoms with Crippen molar-refractivity contribution in [3.8, 4) is 0 Å². The van der Waals surface area contributed by atoms with E-state index in [-0.39, 0.29) is 16.1 Å². The van der Waals surface area contributed by atoms with Gasteiger partial charge in [-0.1, -0.05) is 6.07 Å². The van der Waals surface area contributed by atoms with Crippen molar-refractivity contribution >= 4 is 27.4 Å². The van der Waals surface area contributed by atoms with Crippen LogP contribution in [0.3, 0.4) is 0 Å². The first-order valence-corrected chi connectivity index (χ1v) is 9.33. The highest BCUT2D eigenvalue weighted by Gasteiger charge is 2.21. The zero-order chi connectivity index (χ0) is 18.7. The fraction of sp³-hybridized carbons (Fsp3) is 0.235. The predicted octanol–water partition coefficient (Wildman–Crippen LogP) is 2.16. The maximum Gasteiger partial charge on any atom is 0.335 e. The Labute approximate surface area is 150 Å². The first-order chi connectivity index (χ1) is 12.4. The molecule has 0 spiro atoms. The van der Waals surface area contributed by atoms with E-state index >= 15 is 0 Å². The number of carboxylic acids is 1. The van der Waals surface area contributed by atoms with Gasteiger partial charge >= 0.3 is 5.97 Å². The zero-order valence-electron chi connectivity index (χ0n) is 13.7. The molecule has 1 saturated heterocycles. The van der Waals surface area contributed by atoms with Gasteiger partial charge in [0.2, 0.25) is 0 Å². The van der Waals surface area contributed by atoms with Gasteiger partial charge in [0.1, 0.15) is 5.82 Å². The van der Waals surface area contributed by atoms with Crippen molar-refractivity contribution < 1.29 is 27.4 Å². The SMILES string of the molecule is O=C(O)c1ccc(N2CCOCC2)c(NS(=O)(=O)c2cccc(F)c2)c1. The number of rotatable bonds is 5. The highest BCUT2D eigenvalue weighted by atomic mass is 32.2. The van der Waals surface area contributed by atoms with E-state index in [1.54, 1.807) is 6.07 Å². The van der Waals surface area contributed by atoms with Crippen LogP contribution in [0.5, 0.6) is 0 Å². The van der Waals surface area contributed by atoms with E-state index in [1.165, 1.54) is 24.3 Å². The number of halogens is 1. The van der Waals surface area contributed by atoms with Gasteiger partial charge in [-0.25, -0.2) is 17.6 Å². The highest BCUT2D eigenvalue weighted by Crippen LogP contribution is 2.30. The minimum atomic E-state index is -4.08. The molecular weight excluding hydrogens is 363 g/mol. The number of aromatic carboxylic acids is 1. The van der Waals surface area contributed by atoms with Gasteiger partial charge in [0.25, 0.3) is 10.0 Å². The van der Waals surface area contributed by atoms with Crippen molar-refractivity contribution in [2.45, 2.75) is 4.90 Å². The third-order valence-electron chi connectivity index (χ3n) is 3.95. The van der Waals surface area contributed by atoms with Crippen LogP contribution >= 0.6 is 0 Å². The molecule has 0 aromatic heterocycles. The van der Waals surface area contributed by atoms with E-state index in [0.717, 1.165) is 12.1 Å². The number of morpholine rings is 1. The van der Waals surface area contributed by atoms with Gasteiger partial charge in [0.05, 0.1) is 35.0 Å². The summed E-state index contributed by atoms with van der Waals surface area (Å²) in [6, 6.07) is 8.82. The Morgan fingerprint density at radius 2 is 1.88 bits per heavy atom. The summed E-state index contributed by atoms with van der Waals surface area (Å²) < 4.78 is 46.3. The number of anilines is 2. The molecule has 1 aliphatic rings. The molecule has 1 fully saturated rings. The fourth-order valence-electron chi connectivity index (χ4n) is 2.67. The monoisotopic (exact) mass is 380 g/mol. The van der Waals surface area contributed by atoms with Crippen molar-refractivity contribution in [1.29, 1.82) is 0 Å². The second-order valence-corrected chi connectivity index (χ2v) is 7.38. The van der Waals surface area contributed by atoms with Crippen LogP contribution in [0.4, 0.5) is 15.8 Å². The number of carbonyl (C=O) groups is 1. The molecule has 1 heterocycles. The molecule has 26 heavy (non-hydrogen) atoms. The average molecular weight is 380 g/mol. The van der Waals surface area contributed by atoms with Gasteiger partial charge in [-0.15, -0.1) is 0 Å². The number of ether oxygens (including phenoxy) is 1. The third kappa shape index (κ3) is 3.94. The van der Waals surface area contributed by atoms with E-state index in [9.17, 15) is 22.7 Å². The van der Waals surface area contributed by atoms with Gasteiger partial charge in [-0.05, 0) is 36.4 Å². The molecule has 7 nitrogen and oxygen atoms in total. The van der Waals surface area contributed by atoms with Crippen LogP contribution in [0, 0.1) is 5.82 Å². The first-order valence-electron chi connectivity index (χ1n) is 7.85. The van der Waals surface area contributed by atoms with E-state index in [2.05, 4.69) is 4.72 Å². The maximum absolute atomic E-state index is 13.4. The van der Waals surface area contributed by atoms with Gasteiger partial charge in [0, 0.05) is 13.1 Å². The van der Waals surface area contributed by atoms with Gasteiger partial charge < -0.3 is 14.7 Å². The van der Waals surface area contributed by atoms with Gasteiger partial charge in [0.15, 0.2) is 0 Å². The number of sulfonamides is 1. The molecule has 0 atom stereocenters. The van der Waals surface area contributed by atoms with Crippen LogP contribution in [0.15, 0.2) is 47.4 Å². The summed E-state index contributed by atoms with van der Waals surface area (Å²) in [4.78, 5) is 12.9. The maximum atomic E-state index is 13.4. The Bertz CT molecular complexity index is 927. The lowest BCUT2D eigenvalue weighted by Gasteiger charge is -2.30. The second-order valence-electron chi connectivity index (χ2n) is 5.70. The lowest BCUT2D eigenvalue weighted by atomic mass is 10.1. The van der Waals surface area contributed by atoms with E-state index in [1.807, 2.05) is 4.90 Å². The minimum Gasteiger partial charge on any atom is -0.478 e. The van der Waals surface area contributed by atoms with Crippen molar-refractivity contribution in [3.05, 3.63) is 53.8 Å². The summed E-state index contributed by atoms with van der Waals surface area (Å²) in [5.74, 6) is -1.86. The molecule has 9 heteroatoms. The number of carboxylic acid groups (broad SMARTS) is 1. The van der Waals surface area contributed by atoms with E-state index < -0.39 is 21.8 Å². The quantitative estimate of drug-likeness (QED) is 0.825. The number of hydrogen-bond donors (Lipinski definition) is 2. The Kier molecular flexibility index (Phi) is 5.10. The number of hydrogen-bond acceptors (Lipinski definition) is 5. The highest BCUT2D eigenvalue weighted by molar-refractivity contribution is 7.92. The standard InChI is InChI=1S/C17H17FN2O5S/c18-13-2-1-3-14(11-13)26(23,24)19-15-10-12(17(21)22)4-5-16(15)20-6-8-25-9-7-20/h1-5,10-11,19H,6-9H2,(H,21,22). The summed E-state index contributed by atoms with van der Waals surface area (Å²) in [5.41, 5.74) is 0.605. The first kappa shape index (κ1) is 18.2. The molecule has 0 aliphatic carbocycles. The van der Waals surface area contributed by atoms with Crippen LogP contribution in [0.2, 0.25) is 0 Å². The summed E-state index contributed by atoms with van der Waals surface area (Å²) in [5, 5.41) is 9.20. The zero-order valence-corrected chi connectivity index (χ0v) is 14.5. The lowest BCUT2D eigenvalue weighted by Crippen LogP contribution is -2.36. The summed E-state index contributed by atoms with van der Waals surface area (Å²) in [7, 11) is -4.08. The predicted molar refractivity (Wildman–Crippen MR) is 93.6 cm³/mol. The lowest BCUT2D eigenvalue weighted by molar-refractivity contribution is 0.0697. The largest absolute Gasteiger partial charge is 0.478 e. The molecule has 2 aromatic carbocycles. The summed E-state index contributed by atoms with van der Waals surface area (Å²) in [6.45, 7) is 2.05. The molecular formula is C17H17FN2O5S. The smallest absolute Gasteiger partial charge is 0.335 e. The van der Waals surface area contributed by atoms with Crippen molar-refractivity contribution in [3.63, 3.8) is 0 Å².